The normalized spacial score (nSPS) is 16.3. The quantitative estimate of drug-likeness (QED) is 0.267. The topological polar surface area (TPSA) is 38.0 Å². The van der Waals surface area contributed by atoms with Crippen molar-refractivity contribution in [2.45, 2.75) is 54.3 Å². The maximum atomic E-state index is 9.10. The van der Waals surface area contributed by atoms with Crippen LogP contribution in [0.2, 0.25) is 0 Å². The monoisotopic (exact) mass is 485 g/mol. The van der Waals surface area contributed by atoms with Gasteiger partial charge in [0.1, 0.15) is 0 Å². The maximum Gasteiger partial charge on any atom is 0.0629 e. The predicted molar refractivity (Wildman–Crippen MR) is 158 cm³/mol. The van der Waals surface area contributed by atoms with Gasteiger partial charge in [0.25, 0.3) is 0 Å². The highest BCUT2D eigenvalue weighted by molar-refractivity contribution is 5.94. The molecule has 0 saturated heterocycles. The number of anilines is 3. The fourth-order valence-corrected chi connectivity index (χ4v) is 4.06. The van der Waals surface area contributed by atoms with Gasteiger partial charge in [-0.15, -0.1) is 0 Å². The van der Waals surface area contributed by atoms with Gasteiger partial charge in [-0.2, -0.15) is 0 Å². The van der Waals surface area contributed by atoms with Gasteiger partial charge in [0.15, 0.2) is 0 Å². The van der Waals surface area contributed by atoms with Gasteiger partial charge in [0.05, 0.1) is 23.9 Å². The van der Waals surface area contributed by atoms with Crippen LogP contribution in [0.5, 0.6) is 0 Å². The number of nitrogens with one attached hydrogen (secondary N) is 1. The summed E-state index contributed by atoms with van der Waals surface area (Å²) in [5, 5.41) is 3.34. The first-order chi connectivity index (χ1) is 20.6. The van der Waals surface area contributed by atoms with Crippen LogP contribution in [0.25, 0.3) is 22.3 Å². The molecule has 4 aromatic carbocycles. The molecule has 0 unspecified atom stereocenters. The summed E-state index contributed by atoms with van der Waals surface area (Å²) in [7, 11) is 0. The third kappa shape index (κ3) is 6.57. The molecule has 0 bridgehead atoms. The van der Waals surface area contributed by atoms with E-state index in [1.54, 1.807) is 102 Å². The van der Waals surface area contributed by atoms with Gasteiger partial charge >= 0.3 is 0 Å². The zero-order valence-electron chi connectivity index (χ0n) is 30.9. The summed E-state index contributed by atoms with van der Waals surface area (Å²) in [5.41, 5.74) is 7.89. The Morgan fingerprint density at radius 1 is 0.722 bits per heavy atom. The first-order valence-electron chi connectivity index (χ1n) is 16.6. The van der Waals surface area contributed by atoms with Gasteiger partial charge in [-0.1, -0.05) is 120 Å². The van der Waals surface area contributed by atoms with Crippen LogP contribution >= 0.6 is 0 Å². The molecule has 2 nitrogen and oxygen atoms in total. The van der Waals surface area contributed by atoms with Gasteiger partial charge < -0.3 is 11.1 Å². The van der Waals surface area contributed by atoms with Crippen molar-refractivity contribution in [3.05, 3.63) is 102 Å². The molecule has 0 fully saturated rings. The lowest BCUT2D eigenvalue weighted by Crippen LogP contribution is -2.12. The molecule has 36 heavy (non-hydrogen) atoms. The smallest absolute Gasteiger partial charge is 0.0629 e. The number of nitrogens with two attached hydrogens (primary N) is 1. The third-order valence-corrected chi connectivity index (χ3v) is 5.34. The van der Waals surface area contributed by atoms with Crippen LogP contribution in [-0.4, -0.2) is 0 Å². The Kier molecular flexibility index (Phi) is 4.62. The van der Waals surface area contributed by atoms with Crippen molar-refractivity contribution < 1.29 is 12.3 Å². The van der Waals surface area contributed by atoms with Crippen molar-refractivity contribution in [1.29, 1.82) is 0 Å². The Morgan fingerprint density at radius 3 is 1.83 bits per heavy atom. The van der Waals surface area contributed by atoms with E-state index in [0.717, 1.165) is 0 Å². The van der Waals surface area contributed by atoms with E-state index in [1.165, 1.54) is 0 Å². The minimum atomic E-state index is -1.85. The molecule has 2 heteroatoms. The van der Waals surface area contributed by atoms with Gasteiger partial charge in [-0.25, -0.2) is 0 Å². The minimum absolute atomic E-state index is 0.00808. The lowest BCUT2D eigenvalue weighted by molar-refractivity contribution is 0.406. The Morgan fingerprint density at radius 2 is 1.28 bits per heavy atom. The molecule has 0 radical (unpaired) electrons. The first-order valence-corrected chi connectivity index (χ1v) is 12.1. The summed E-state index contributed by atoms with van der Waals surface area (Å²) in [4.78, 5) is 0. The highest BCUT2D eigenvalue weighted by Crippen LogP contribution is 2.41. The maximum absolute atomic E-state index is 9.10. The zero-order valence-corrected chi connectivity index (χ0v) is 21.9. The van der Waals surface area contributed by atoms with E-state index in [9.17, 15) is 0 Å². The molecule has 0 amide bonds. The van der Waals surface area contributed by atoms with E-state index < -0.39 is 41.7 Å². The average Bonchev–Trinajstić information content (AvgIpc) is 2.95. The molecule has 0 saturated carbocycles. The zero-order chi connectivity index (χ0) is 33.9. The number of benzene rings is 4. The molecular formula is C34H40N2. The van der Waals surface area contributed by atoms with Crippen LogP contribution in [0.4, 0.5) is 17.1 Å². The lowest BCUT2D eigenvalue weighted by Gasteiger charge is -2.24. The molecule has 4 rings (SSSR count). The van der Waals surface area contributed by atoms with E-state index >= 15 is 0 Å². The molecule has 4 aromatic rings. The number of rotatable bonds is 6. The van der Waals surface area contributed by atoms with Crippen LogP contribution < -0.4 is 11.1 Å². The van der Waals surface area contributed by atoms with Crippen molar-refractivity contribution in [1.82, 2.24) is 0 Å². The number of nitrogen functional groups attached to an aromatic ring is 1. The fourth-order valence-electron chi connectivity index (χ4n) is 4.06. The number of para-hydroxylation sites is 3. The molecule has 0 atom stereocenters. The van der Waals surface area contributed by atoms with Gasteiger partial charge in [0, 0.05) is 16.6 Å². The van der Waals surface area contributed by atoms with E-state index in [1.807, 2.05) is 0 Å². The SMILES string of the molecule is [2H]c1c([2H])c([2H])c(-c2cccc(-c3cc(C([2H])([2H])C(C)(C)C)cc(C([2H])([2H])C(C)(C)C)c3)c2Nc2ccccc2N)c([2H])c1[2H]. The van der Waals surface area contributed by atoms with Crippen LogP contribution in [0.15, 0.2) is 90.9 Å². The molecule has 0 aromatic heterocycles. The summed E-state index contributed by atoms with van der Waals surface area (Å²) in [6, 6.07) is 15.0. The van der Waals surface area contributed by atoms with Crippen LogP contribution in [-0.2, 0) is 12.7 Å². The second-order valence-electron chi connectivity index (χ2n) is 11.0. The molecular weight excluding hydrogens is 436 g/mol. The summed E-state index contributed by atoms with van der Waals surface area (Å²) in [6.07, 6.45) is -3.71. The van der Waals surface area contributed by atoms with Crippen molar-refractivity contribution in [2.75, 3.05) is 11.1 Å². The molecule has 0 aliphatic heterocycles. The third-order valence-electron chi connectivity index (χ3n) is 5.34. The molecule has 3 N–H and O–H groups in total. The van der Waals surface area contributed by atoms with Crippen molar-refractivity contribution >= 4 is 17.1 Å². The van der Waals surface area contributed by atoms with Crippen LogP contribution in [0.1, 0.15) is 65.0 Å². The second-order valence-corrected chi connectivity index (χ2v) is 11.0. The molecule has 186 valence electrons. The van der Waals surface area contributed by atoms with E-state index in [4.69, 9.17) is 18.1 Å². The number of hydrogen-bond acceptors (Lipinski definition) is 2. The summed E-state index contributed by atoms with van der Waals surface area (Å²) in [6.45, 7) is 10.8. The van der Waals surface area contributed by atoms with Crippen molar-refractivity contribution in [2.24, 2.45) is 10.8 Å². The van der Waals surface area contributed by atoms with Crippen LogP contribution in [0.3, 0.4) is 0 Å². The molecule has 0 spiro atoms. The fraction of sp³-hybridized carbons (Fsp3) is 0.294. The van der Waals surface area contributed by atoms with Crippen molar-refractivity contribution in [3.63, 3.8) is 0 Å². The predicted octanol–water partition coefficient (Wildman–Crippen LogP) is 9.52. The Labute approximate surface area is 230 Å². The van der Waals surface area contributed by atoms with E-state index in [2.05, 4.69) is 5.32 Å². The molecule has 0 aliphatic rings. The van der Waals surface area contributed by atoms with Gasteiger partial charge in [-0.3, -0.25) is 0 Å². The lowest BCUT2D eigenvalue weighted by atomic mass is 9.82. The largest absolute Gasteiger partial charge is 0.397 e. The van der Waals surface area contributed by atoms with Crippen LogP contribution in [0, 0.1) is 10.8 Å². The Balaban J connectivity index is 2.16. The van der Waals surface area contributed by atoms with E-state index in [-0.39, 0.29) is 17.6 Å². The van der Waals surface area contributed by atoms with Crippen molar-refractivity contribution in [3.8, 4) is 22.3 Å². The van der Waals surface area contributed by atoms with Gasteiger partial charge in [0.2, 0.25) is 0 Å². The standard InChI is InChI=1S/C34H40N2/c1-33(2,3)22-24-19-25(23-34(4,5)6)21-27(20-24)29-16-12-15-28(26-13-8-7-9-14-26)32(29)36-31-18-11-10-17-30(31)35/h7-21,36H,22-23,35H2,1-6H3/i7D,8D,9D,13D,14D,22D2,23D2. The number of hydrogen-bond donors (Lipinski definition) is 2. The summed E-state index contributed by atoms with van der Waals surface area (Å²) in [5.74, 6) is 0. The molecule has 0 aliphatic carbocycles. The summed E-state index contributed by atoms with van der Waals surface area (Å²) < 4.78 is 78.5. The highest BCUT2D eigenvalue weighted by atomic mass is 14.9. The minimum Gasteiger partial charge on any atom is -0.397 e. The van der Waals surface area contributed by atoms with Gasteiger partial charge in [-0.05, 0) is 58.0 Å². The average molecular weight is 486 g/mol. The highest BCUT2D eigenvalue weighted by Gasteiger charge is 2.19. The second kappa shape index (κ2) is 10.2. The van der Waals surface area contributed by atoms with E-state index in [0.29, 0.717) is 44.9 Å². The first kappa shape index (κ1) is 16.3. The summed E-state index contributed by atoms with van der Waals surface area (Å²) >= 11 is 0. The molecule has 0 heterocycles. The Hall–Kier alpha value is -3.52. The Bertz CT molecular complexity index is 1690.